The zero-order valence-corrected chi connectivity index (χ0v) is 13.0. The molecule has 0 saturated heterocycles. The minimum Gasteiger partial charge on any atom is -0.393 e. The summed E-state index contributed by atoms with van der Waals surface area (Å²) in [6.07, 6.45) is -2.62. The van der Waals surface area contributed by atoms with Gasteiger partial charge in [-0.2, -0.15) is 13.2 Å². The number of carbonyl (C=O) groups is 1. The Hall–Kier alpha value is -2.49. The quantitative estimate of drug-likeness (QED) is 0.890. The standard InChI is InChI=1S/C14H16F3N5O2/c1-9(23)5-6-21(2)13(24)11-8-22(20-19-11)12-4-3-10(7-18-12)14(15,16)17/h3-4,7-9,23H,5-6H2,1-2H3. The molecule has 2 aromatic heterocycles. The number of hydrogen-bond donors (Lipinski definition) is 1. The van der Waals surface area contributed by atoms with Gasteiger partial charge in [0.1, 0.15) is 0 Å². The maximum Gasteiger partial charge on any atom is 0.417 e. The fraction of sp³-hybridized carbons (Fsp3) is 0.429. The smallest absolute Gasteiger partial charge is 0.393 e. The highest BCUT2D eigenvalue weighted by Gasteiger charge is 2.30. The topological polar surface area (TPSA) is 84.1 Å². The zero-order chi connectivity index (χ0) is 17.9. The van der Waals surface area contributed by atoms with Crippen LogP contribution in [0.3, 0.4) is 0 Å². The number of alkyl halides is 3. The second-order valence-corrected chi connectivity index (χ2v) is 5.32. The van der Waals surface area contributed by atoms with Gasteiger partial charge >= 0.3 is 6.18 Å². The summed E-state index contributed by atoms with van der Waals surface area (Å²) in [6, 6.07) is 2.02. The fourth-order valence-electron chi connectivity index (χ4n) is 1.84. The van der Waals surface area contributed by atoms with Crippen LogP contribution in [0.1, 0.15) is 29.4 Å². The van der Waals surface area contributed by atoms with Crippen molar-refractivity contribution in [3.63, 3.8) is 0 Å². The highest BCUT2D eigenvalue weighted by molar-refractivity contribution is 5.91. The van der Waals surface area contributed by atoms with Crippen molar-refractivity contribution in [1.82, 2.24) is 24.9 Å². The van der Waals surface area contributed by atoms with E-state index in [-0.39, 0.29) is 11.5 Å². The van der Waals surface area contributed by atoms with Crippen molar-refractivity contribution < 1.29 is 23.1 Å². The predicted octanol–water partition coefficient (Wildman–Crippen LogP) is 1.52. The first-order chi connectivity index (χ1) is 11.2. The maximum absolute atomic E-state index is 12.5. The number of hydrogen-bond acceptors (Lipinski definition) is 5. The number of aromatic nitrogens is 4. The third-order valence-electron chi connectivity index (χ3n) is 3.25. The van der Waals surface area contributed by atoms with E-state index in [4.69, 9.17) is 0 Å². The molecule has 0 bridgehead atoms. The van der Waals surface area contributed by atoms with E-state index in [0.29, 0.717) is 19.2 Å². The summed E-state index contributed by atoms with van der Waals surface area (Å²) >= 11 is 0. The largest absolute Gasteiger partial charge is 0.417 e. The van der Waals surface area contributed by atoms with Crippen LogP contribution in [0.2, 0.25) is 0 Å². The van der Waals surface area contributed by atoms with Gasteiger partial charge in [-0.1, -0.05) is 5.21 Å². The highest BCUT2D eigenvalue weighted by atomic mass is 19.4. The molecule has 2 aromatic rings. The lowest BCUT2D eigenvalue weighted by atomic mass is 10.2. The van der Waals surface area contributed by atoms with Crippen LogP contribution in [0.4, 0.5) is 13.2 Å². The van der Waals surface area contributed by atoms with E-state index in [1.165, 1.54) is 11.1 Å². The molecule has 1 unspecified atom stereocenters. The molecule has 0 aromatic carbocycles. The highest BCUT2D eigenvalue weighted by Crippen LogP contribution is 2.28. The Morgan fingerprint density at radius 1 is 1.42 bits per heavy atom. The molecule has 1 N–H and O–H groups in total. The lowest BCUT2D eigenvalue weighted by Gasteiger charge is -2.16. The van der Waals surface area contributed by atoms with Gasteiger partial charge in [0.05, 0.1) is 17.9 Å². The van der Waals surface area contributed by atoms with Gasteiger partial charge in [-0.3, -0.25) is 4.79 Å². The second kappa shape index (κ2) is 6.95. The zero-order valence-electron chi connectivity index (χ0n) is 13.0. The van der Waals surface area contributed by atoms with Crippen LogP contribution in [0.25, 0.3) is 5.82 Å². The van der Waals surface area contributed by atoms with Crippen LogP contribution < -0.4 is 0 Å². The monoisotopic (exact) mass is 343 g/mol. The molecular formula is C14H16F3N5O2. The second-order valence-electron chi connectivity index (χ2n) is 5.32. The van der Waals surface area contributed by atoms with Crippen LogP contribution in [0.5, 0.6) is 0 Å². The summed E-state index contributed by atoms with van der Waals surface area (Å²) in [5, 5.41) is 16.6. The third-order valence-corrected chi connectivity index (χ3v) is 3.25. The van der Waals surface area contributed by atoms with Crippen LogP contribution in [-0.4, -0.2) is 55.6 Å². The summed E-state index contributed by atoms with van der Waals surface area (Å²) in [4.78, 5) is 17.2. The number of amides is 1. The normalized spacial score (nSPS) is 12.9. The summed E-state index contributed by atoms with van der Waals surface area (Å²) in [5.41, 5.74) is -0.842. The molecule has 0 radical (unpaired) electrons. The van der Waals surface area contributed by atoms with Crippen molar-refractivity contribution >= 4 is 5.91 Å². The van der Waals surface area contributed by atoms with Crippen molar-refractivity contribution in [2.24, 2.45) is 0 Å². The van der Waals surface area contributed by atoms with E-state index in [9.17, 15) is 23.1 Å². The van der Waals surface area contributed by atoms with Crippen LogP contribution in [0, 0.1) is 0 Å². The Morgan fingerprint density at radius 3 is 2.67 bits per heavy atom. The van der Waals surface area contributed by atoms with E-state index >= 15 is 0 Å². The lowest BCUT2D eigenvalue weighted by Crippen LogP contribution is -2.29. The molecule has 130 valence electrons. The first-order valence-electron chi connectivity index (χ1n) is 7.08. The number of aliphatic hydroxyl groups excluding tert-OH is 1. The summed E-state index contributed by atoms with van der Waals surface area (Å²) < 4.78 is 38.6. The molecule has 0 fully saturated rings. The van der Waals surface area contributed by atoms with Crippen molar-refractivity contribution in [2.75, 3.05) is 13.6 Å². The average molecular weight is 343 g/mol. The van der Waals surface area contributed by atoms with Gasteiger partial charge in [-0.05, 0) is 25.5 Å². The number of rotatable bonds is 5. The van der Waals surface area contributed by atoms with Crippen molar-refractivity contribution in [2.45, 2.75) is 25.6 Å². The molecule has 2 rings (SSSR count). The van der Waals surface area contributed by atoms with Crippen LogP contribution >= 0.6 is 0 Å². The van der Waals surface area contributed by atoms with Gasteiger partial charge in [0.15, 0.2) is 11.5 Å². The third kappa shape index (κ3) is 4.28. The molecule has 2 heterocycles. The SMILES string of the molecule is CC(O)CCN(C)C(=O)c1cn(-c2ccc(C(F)(F)F)cn2)nn1. The first-order valence-corrected chi connectivity index (χ1v) is 7.08. The first kappa shape index (κ1) is 17.9. The van der Waals surface area contributed by atoms with E-state index in [2.05, 4.69) is 15.3 Å². The van der Waals surface area contributed by atoms with Crippen LogP contribution in [-0.2, 0) is 6.18 Å². The van der Waals surface area contributed by atoms with Gasteiger partial charge in [0.2, 0.25) is 0 Å². The van der Waals surface area contributed by atoms with Crippen molar-refractivity contribution in [3.8, 4) is 5.82 Å². The number of aliphatic hydroxyl groups is 1. The average Bonchev–Trinajstić information content (AvgIpc) is 3.01. The van der Waals surface area contributed by atoms with E-state index in [0.717, 1.165) is 16.8 Å². The number of halogens is 3. The lowest BCUT2D eigenvalue weighted by molar-refractivity contribution is -0.137. The van der Waals surface area contributed by atoms with Gasteiger partial charge in [-0.15, -0.1) is 5.10 Å². The summed E-state index contributed by atoms with van der Waals surface area (Å²) in [5.74, 6) is -0.296. The molecule has 0 saturated carbocycles. The van der Waals surface area contributed by atoms with Gasteiger partial charge < -0.3 is 10.0 Å². The Labute approximate surface area is 135 Å². The molecule has 7 nitrogen and oxygen atoms in total. The molecule has 0 spiro atoms. The molecule has 1 atom stereocenters. The minimum absolute atomic E-state index is 0.0322. The molecule has 0 aliphatic heterocycles. The Bertz CT molecular complexity index is 697. The van der Waals surface area contributed by atoms with Crippen molar-refractivity contribution in [1.29, 1.82) is 0 Å². The Morgan fingerprint density at radius 2 is 2.12 bits per heavy atom. The van der Waals surface area contributed by atoms with Gasteiger partial charge in [0.25, 0.3) is 5.91 Å². The Kier molecular flexibility index (Phi) is 5.17. The van der Waals surface area contributed by atoms with Gasteiger partial charge in [-0.25, -0.2) is 9.67 Å². The molecule has 0 aliphatic rings. The van der Waals surface area contributed by atoms with E-state index < -0.39 is 23.8 Å². The van der Waals surface area contributed by atoms with Crippen LogP contribution in [0.15, 0.2) is 24.5 Å². The predicted molar refractivity (Wildman–Crippen MR) is 77.4 cm³/mol. The molecular weight excluding hydrogens is 327 g/mol. The Balaban J connectivity index is 2.11. The number of carbonyl (C=O) groups excluding carboxylic acids is 1. The molecule has 1 amide bonds. The van der Waals surface area contributed by atoms with Crippen molar-refractivity contribution in [3.05, 3.63) is 35.8 Å². The maximum atomic E-state index is 12.5. The molecule has 0 aliphatic carbocycles. The number of pyridine rings is 1. The molecule has 24 heavy (non-hydrogen) atoms. The minimum atomic E-state index is -4.47. The van der Waals surface area contributed by atoms with E-state index in [1.807, 2.05) is 0 Å². The summed E-state index contributed by atoms with van der Waals surface area (Å²) in [6.45, 7) is 1.95. The molecule has 10 heteroatoms. The number of nitrogens with zero attached hydrogens (tertiary/aromatic N) is 5. The fourth-order valence-corrected chi connectivity index (χ4v) is 1.84. The van der Waals surface area contributed by atoms with Gasteiger partial charge in [0, 0.05) is 19.8 Å². The van der Waals surface area contributed by atoms with E-state index in [1.54, 1.807) is 14.0 Å². The summed E-state index contributed by atoms with van der Waals surface area (Å²) in [7, 11) is 1.56.